The number of nitrogens with one attached hydrogen (secondary N) is 1. The third-order valence-corrected chi connectivity index (χ3v) is 10.4. The molecule has 5 aromatic carbocycles. The Hall–Kier alpha value is -4.21. The van der Waals surface area contributed by atoms with E-state index in [4.69, 9.17) is 16.3 Å². The summed E-state index contributed by atoms with van der Waals surface area (Å²) in [5, 5.41) is 6.13. The third kappa shape index (κ3) is 7.43. The van der Waals surface area contributed by atoms with Crippen LogP contribution in [-0.4, -0.2) is 33.6 Å². The normalized spacial score (nSPS) is 12.3. The Morgan fingerprint density at radius 1 is 0.848 bits per heavy atom. The van der Waals surface area contributed by atoms with E-state index < -0.39 is 10.0 Å². The van der Waals surface area contributed by atoms with Gasteiger partial charge in [0.15, 0.2) is 5.78 Å². The predicted octanol–water partition coefficient (Wildman–Crippen LogP) is 8.66. The Kier molecular flexibility index (Phi) is 9.70. The number of halogens is 1. The Bertz CT molecular complexity index is 2080. The molecule has 46 heavy (non-hydrogen) atoms. The van der Waals surface area contributed by atoms with Crippen LogP contribution in [0.25, 0.3) is 20.2 Å². The number of benzene rings is 5. The van der Waals surface area contributed by atoms with Crippen molar-refractivity contribution >= 4 is 64.6 Å². The molecule has 0 aliphatic heterocycles. The number of nitrogens with zero attached hydrogens (tertiary/aromatic N) is 1. The summed E-state index contributed by atoms with van der Waals surface area (Å²) in [7, 11) is -3.69. The number of hydrogen-bond donors (Lipinski definition) is 1. The monoisotopic (exact) mass is 668 g/mol. The largest absolute Gasteiger partial charge is 0.493 e. The molecule has 6 nitrogen and oxygen atoms in total. The highest BCUT2D eigenvalue weighted by atomic mass is 35.5. The van der Waals surface area contributed by atoms with E-state index in [0.717, 1.165) is 23.1 Å². The standard InChI is InChI=1S/C37H33ClN2O4S2/c1-46(42,43)40(25-26-10-4-2-5-11-26)34-22-28(16-19-32(34)38)35(41)24-39-33(27-12-6-3-7-13-27)20-21-44-29-17-18-31-30-14-8-9-15-36(30)45-37(31)23-29/h2-19,22-23,33,39H,20-21,24-25H2,1H3. The van der Waals surface area contributed by atoms with Gasteiger partial charge >= 0.3 is 0 Å². The summed E-state index contributed by atoms with van der Waals surface area (Å²) < 4.78 is 35.5. The van der Waals surface area contributed by atoms with E-state index in [-0.39, 0.29) is 35.6 Å². The quantitative estimate of drug-likeness (QED) is 0.125. The molecule has 234 valence electrons. The van der Waals surface area contributed by atoms with Crippen LogP contribution in [0.15, 0.2) is 121 Å². The van der Waals surface area contributed by atoms with Gasteiger partial charge in [0.2, 0.25) is 10.0 Å². The van der Waals surface area contributed by atoms with Crippen molar-refractivity contribution in [2.24, 2.45) is 0 Å². The smallest absolute Gasteiger partial charge is 0.232 e. The van der Waals surface area contributed by atoms with E-state index in [1.807, 2.05) is 66.7 Å². The molecule has 1 unspecified atom stereocenters. The minimum absolute atomic E-state index is 0.0476. The average Bonchev–Trinajstić information content (AvgIpc) is 3.44. The molecule has 0 fully saturated rings. The molecule has 0 aliphatic rings. The van der Waals surface area contributed by atoms with Gasteiger partial charge in [-0.1, -0.05) is 90.5 Å². The van der Waals surface area contributed by atoms with Crippen molar-refractivity contribution < 1.29 is 17.9 Å². The zero-order chi connectivity index (χ0) is 32.1. The van der Waals surface area contributed by atoms with Crippen LogP contribution in [0.4, 0.5) is 5.69 Å². The molecule has 0 saturated heterocycles. The lowest BCUT2D eigenvalue weighted by atomic mass is 10.0. The number of hydrogen-bond acceptors (Lipinski definition) is 6. The van der Waals surface area contributed by atoms with E-state index >= 15 is 0 Å². The highest BCUT2D eigenvalue weighted by molar-refractivity contribution is 7.92. The van der Waals surface area contributed by atoms with Crippen LogP contribution >= 0.6 is 22.9 Å². The second kappa shape index (κ2) is 14.1. The maximum atomic E-state index is 13.5. The van der Waals surface area contributed by atoms with Gasteiger partial charge in [-0.15, -0.1) is 11.3 Å². The van der Waals surface area contributed by atoms with E-state index in [2.05, 4.69) is 41.7 Å². The van der Waals surface area contributed by atoms with Crippen molar-refractivity contribution in [2.75, 3.05) is 23.7 Å². The number of ether oxygens (including phenoxy) is 1. The van der Waals surface area contributed by atoms with E-state index in [1.54, 1.807) is 29.5 Å². The minimum Gasteiger partial charge on any atom is -0.493 e. The van der Waals surface area contributed by atoms with Gasteiger partial charge in [-0.05, 0) is 53.6 Å². The van der Waals surface area contributed by atoms with Gasteiger partial charge in [0.1, 0.15) is 5.75 Å². The molecular formula is C37H33ClN2O4S2. The molecular weight excluding hydrogens is 636 g/mol. The second-order valence-corrected chi connectivity index (χ2v) is 14.5. The molecule has 1 N–H and O–H groups in total. The number of anilines is 1. The lowest BCUT2D eigenvalue weighted by Crippen LogP contribution is -2.31. The number of sulfonamides is 1. The SMILES string of the molecule is CS(=O)(=O)N(Cc1ccccc1)c1cc(C(=O)CNC(CCOc2ccc3c(c2)sc2ccccc23)c2ccccc2)ccc1Cl. The highest BCUT2D eigenvalue weighted by Crippen LogP contribution is 2.36. The number of carbonyl (C=O) groups excluding carboxylic acids is 1. The van der Waals surface area contributed by atoms with Crippen molar-refractivity contribution in [1.82, 2.24) is 5.32 Å². The Balaban J connectivity index is 1.15. The summed E-state index contributed by atoms with van der Waals surface area (Å²) in [5.74, 6) is 0.629. The summed E-state index contributed by atoms with van der Waals surface area (Å²) in [6.45, 7) is 0.595. The molecule has 0 bridgehead atoms. The van der Waals surface area contributed by atoms with Crippen molar-refractivity contribution in [3.8, 4) is 5.75 Å². The number of carbonyl (C=O) groups is 1. The molecule has 9 heteroatoms. The number of fused-ring (bicyclic) bond motifs is 3. The molecule has 0 saturated carbocycles. The maximum absolute atomic E-state index is 13.5. The number of thiophene rings is 1. The zero-order valence-corrected chi connectivity index (χ0v) is 27.6. The minimum atomic E-state index is -3.69. The molecule has 6 aromatic rings. The van der Waals surface area contributed by atoms with Crippen LogP contribution in [0, 0.1) is 0 Å². The van der Waals surface area contributed by atoms with Gasteiger partial charge in [-0.25, -0.2) is 8.42 Å². The summed E-state index contributed by atoms with van der Waals surface area (Å²) in [6, 6.07) is 38.4. The predicted molar refractivity (Wildman–Crippen MR) is 190 cm³/mol. The first-order valence-corrected chi connectivity index (χ1v) is 18.0. The van der Waals surface area contributed by atoms with Gasteiger partial charge in [-0.3, -0.25) is 9.10 Å². The molecule has 0 aliphatic carbocycles. The molecule has 0 amide bonds. The average molecular weight is 669 g/mol. The van der Waals surface area contributed by atoms with E-state index in [0.29, 0.717) is 18.6 Å². The van der Waals surface area contributed by atoms with Gasteiger partial charge in [0.25, 0.3) is 0 Å². The van der Waals surface area contributed by atoms with Crippen molar-refractivity contribution in [2.45, 2.75) is 19.0 Å². The van der Waals surface area contributed by atoms with Crippen molar-refractivity contribution in [3.05, 3.63) is 143 Å². The second-order valence-electron chi connectivity index (χ2n) is 11.1. The van der Waals surface area contributed by atoms with Crippen LogP contribution in [0.2, 0.25) is 5.02 Å². The first kappa shape index (κ1) is 31.8. The molecule has 6 rings (SSSR count). The van der Waals surface area contributed by atoms with Gasteiger partial charge < -0.3 is 10.1 Å². The van der Waals surface area contributed by atoms with E-state index in [9.17, 15) is 13.2 Å². The Labute approximate surface area is 278 Å². The Morgan fingerprint density at radius 3 is 2.30 bits per heavy atom. The fourth-order valence-corrected chi connectivity index (χ4v) is 7.78. The first-order chi connectivity index (χ1) is 22.3. The number of rotatable bonds is 13. The molecule has 1 atom stereocenters. The first-order valence-electron chi connectivity index (χ1n) is 14.9. The fraction of sp³-hybridized carbons (Fsp3) is 0.162. The number of ketones is 1. The van der Waals surface area contributed by atoms with Crippen LogP contribution in [0.5, 0.6) is 5.75 Å². The van der Waals surface area contributed by atoms with Crippen LogP contribution < -0.4 is 14.4 Å². The Morgan fingerprint density at radius 2 is 1.54 bits per heavy atom. The topological polar surface area (TPSA) is 75.7 Å². The van der Waals surface area contributed by atoms with Gasteiger partial charge in [0.05, 0.1) is 36.7 Å². The molecule has 0 spiro atoms. The zero-order valence-electron chi connectivity index (χ0n) is 25.2. The van der Waals surface area contributed by atoms with Crippen LogP contribution in [-0.2, 0) is 16.6 Å². The maximum Gasteiger partial charge on any atom is 0.232 e. The van der Waals surface area contributed by atoms with Gasteiger partial charge in [-0.2, -0.15) is 0 Å². The van der Waals surface area contributed by atoms with Crippen LogP contribution in [0.1, 0.15) is 33.9 Å². The molecule has 0 radical (unpaired) electrons. The highest BCUT2D eigenvalue weighted by Gasteiger charge is 2.23. The lowest BCUT2D eigenvalue weighted by molar-refractivity contribution is 0.0985. The van der Waals surface area contributed by atoms with Crippen molar-refractivity contribution in [3.63, 3.8) is 0 Å². The summed E-state index contributed by atoms with van der Waals surface area (Å²) in [5.41, 5.74) is 2.48. The summed E-state index contributed by atoms with van der Waals surface area (Å²) >= 11 is 8.24. The summed E-state index contributed by atoms with van der Waals surface area (Å²) in [4.78, 5) is 13.5. The number of Topliss-reactive ketones (excluding diaryl/α,β-unsaturated/α-hetero) is 1. The lowest BCUT2D eigenvalue weighted by Gasteiger charge is -2.24. The van der Waals surface area contributed by atoms with Gasteiger partial charge in [0, 0.05) is 38.2 Å². The molecule has 1 aromatic heterocycles. The third-order valence-electron chi connectivity index (χ3n) is 7.84. The molecule has 1 heterocycles. The summed E-state index contributed by atoms with van der Waals surface area (Å²) in [6.07, 6.45) is 1.77. The van der Waals surface area contributed by atoms with Crippen LogP contribution in [0.3, 0.4) is 0 Å². The van der Waals surface area contributed by atoms with Crippen molar-refractivity contribution in [1.29, 1.82) is 0 Å². The van der Waals surface area contributed by atoms with E-state index in [1.165, 1.54) is 24.5 Å². The fourth-order valence-electron chi connectivity index (χ4n) is 5.49.